The molecule has 3 heteroatoms. The molecule has 178 valence electrons. The van der Waals surface area contributed by atoms with Crippen molar-refractivity contribution >= 4 is 16.1 Å². The summed E-state index contributed by atoms with van der Waals surface area (Å²) in [5.41, 5.74) is 8.51. The molecule has 34 heavy (non-hydrogen) atoms. The summed E-state index contributed by atoms with van der Waals surface area (Å²) in [6.07, 6.45) is 9.12. The summed E-state index contributed by atoms with van der Waals surface area (Å²) in [6.45, 7) is 6.21. The molecule has 0 spiro atoms. The van der Waals surface area contributed by atoms with Crippen molar-refractivity contribution in [2.75, 3.05) is 12.7 Å². The minimum atomic E-state index is -0.275. The average molecular weight is 488 g/mol. The van der Waals surface area contributed by atoms with Gasteiger partial charge in [-0.3, -0.25) is 4.44 Å². The molecule has 0 amide bonds. The smallest absolute Gasteiger partial charge is 0.0183 e. The van der Waals surface area contributed by atoms with E-state index in [1.165, 1.54) is 51.2 Å². The predicted molar refractivity (Wildman–Crippen MR) is 151 cm³/mol. The molecule has 1 fully saturated rings. The van der Waals surface area contributed by atoms with Crippen LogP contribution < -0.4 is 0 Å². The van der Waals surface area contributed by atoms with E-state index in [1.54, 1.807) is 22.3 Å². The molecule has 5 rings (SSSR count). The summed E-state index contributed by atoms with van der Waals surface area (Å²) in [5.74, 6) is 0. The monoisotopic (exact) mass is 487 g/mol. The third kappa shape index (κ3) is 5.18. The van der Waals surface area contributed by atoms with Crippen molar-refractivity contribution in [3.63, 3.8) is 0 Å². The lowest BCUT2D eigenvalue weighted by Crippen LogP contribution is -2.23. The Labute approximate surface area is 209 Å². The molecule has 1 nitrogen and oxygen atoms in total. The highest BCUT2D eigenvalue weighted by atomic mass is 31.2. The van der Waals surface area contributed by atoms with Gasteiger partial charge in [-0.2, -0.15) is 0 Å². The second-order valence-corrected chi connectivity index (χ2v) is 15.5. The zero-order valence-electron chi connectivity index (χ0n) is 20.8. The molecule has 1 saturated heterocycles. The number of nitrogens with zero attached hydrogens (tertiary/aromatic N) is 1. The van der Waals surface area contributed by atoms with Crippen LogP contribution in [0.4, 0.5) is 0 Å². The number of benzene rings is 3. The highest BCUT2D eigenvalue weighted by molar-refractivity contribution is 7.71. The van der Waals surface area contributed by atoms with E-state index in [9.17, 15) is 0 Å². The Hall–Kier alpha value is -1.52. The first kappa shape index (κ1) is 24.2. The summed E-state index contributed by atoms with van der Waals surface area (Å²) >= 11 is 0. The second-order valence-electron chi connectivity index (χ2n) is 9.99. The predicted octanol–water partition coefficient (Wildman–Crippen LogP) is 9.35. The number of fused-ring (bicyclic) bond motifs is 1. The highest BCUT2D eigenvalue weighted by Gasteiger charge is 2.44. The van der Waals surface area contributed by atoms with Gasteiger partial charge in [0.1, 0.15) is 0 Å². The third-order valence-corrected chi connectivity index (χ3v) is 14.9. The first-order valence-electron chi connectivity index (χ1n) is 13.2. The largest absolute Gasteiger partial charge is 0.259 e. The fourth-order valence-electron chi connectivity index (χ4n) is 6.01. The van der Waals surface area contributed by atoms with Gasteiger partial charge in [0.15, 0.2) is 0 Å². The second kappa shape index (κ2) is 11.5. The molecule has 2 aliphatic heterocycles. The van der Waals surface area contributed by atoms with Crippen LogP contribution in [0.2, 0.25) is 0 Å². The van der Waals surface area contributed by atoms with Gasteiger partial charge in [-0.1, -0.05) is 105 Å². The van der Waals surface area contributed by atoms with Crippen LogP contribution in [0.3, 0.4) is 0 Å². The summed E-state index contributed by atoms with van der Waals surface area (Å²) in [5, 5.41) is 0. The van der Waals surface area contributed by atoms with Gasteiger partial charge in [-0.15, -0.1) is 0 Å². The molecule has 3 aromatic rings. The van der Waals surface area contributed by atoms with Gasteiger partial charge < -0.3 is 0 Å². The molecule has 2 unspecified atom stereocenters. The van der Waals surface area contributed by atoms with E-state index in [0.29, 0.717) is 11.3 Å². The maximum atomic E-state index is 3.15. The quantitative estimate of drug-likeness (QED) is 0.300. The highest BCUT2D eigenvalue weighted by Crippen LogP contribution is 2.77. The van der Waals surface area contributed by atoms with Gasteiger partial charge in [-0.05, 0) is 82.3 Å². The van der Waals surface area contributed by atoms with Gasteiger partial charge in [0.25, 0.3) is 0 Å². The van der Waals surface area contributed by atoms with E-state index in [4.69, 9.17) is 0 Å². The molecule has 0 radical (unpaired) electrons. The molecular formula is C31H39NP2. The Balaban J connectivity index is 1.53. The van der Waals surface area contributed by atoms with Gasteiger partial charge >= 0.3 is 0 Å². The molecule has 2 aliphatic rings. The van der Waals surface area contributed by atoms with Crippen LogP contribution in [0.5, 0.6) is 0 Å². The summed E-state index contributed by atoms with van der Waals surface area (Å²) in [6, 6.07) is 32.3. The summed E-state index contributed by atoms with van der Waals surface area (Å²) < 4.78 is 3.15. The average Bonchev–Trinajstić information content (AvgIpc) is 3.25. The molecular weight excluding hydrogens is 448 g/mol. The molecule has 0 saturated carbocycles. The number of hydrogen-bond donors (Lipinski definition) is 0. The van der Waals surface area contributed by atoms with E-state index < -0.39 is 0 Å². The number of unbranched alkanes of at least 4 members (excludes halogenated alkanes) is 1. The number of hydrogen-bond acceptors (Lipinski definition) is 1. The van der Waals surface area contributed by atoms with Crippen molar-refractivity contribution in [1.82, 2.24) is 4.44 Å². The van der Waals surface area contributed by atoms with E-state index in [1.807, 2.05) is 0 Å². The molecule has 0 aromatic heterocycles. The molecule has 3 aromatic carbocycles. The standard InChI is InChI=1S/C31H39NP2/c1-3-4-22-32(33-23-21-26-13-11-12-18-29(26)24-25(33)2)34-30(27-14-7-5-8-15-27)19-20-31(34)28-16-9-6-10-17-28/h5-18,25,30-31H,3-4,19-24H2,1-2H3/t25?,30-,31-,33?/m0/s1. The number of rotatable bonds is 7. The molecule has 0 N–H and O–H groups in total. The SMILES string of the molecule is CCCCN(P1CCc2ccccc2CC1C)P1[C@H](c2ccccc2)CC[C@H]1c1ccccc1. The molecule has 2 heterocycles. The molecule has 0 aliphatic carbocycles. The Morgan fingerprint density at radius 1 is 0.765 bits per heavy atom. The van der Waals surface area contributed by atoms with Crippen LogP contribution in [0.1, 0.15) is 73.1 Å². The minimum absolute atomic E-state index is 0.164. The van der Waals surface area contributed by atoms with Gasteiger partial charge in [-0.25, -0.2) is 0 Å². The Kier molecular flexibility index (Phi) is 8.16. The lowest BCUT2D eigenvalue weighted by Gasteiger charge is -2.44. The Morgan fingerprint density at radius 2 is 1.32 bits per heavy atom. The van der Waals surface area contributed by atoms with E-state index in [-0.39, 0.29) is 16.1 Å². The summed E-state index contributed by atoms with van der Waals surface area (Å²) in [4.78, 5) is 0. The van der Waals surface area contributed by atoms with Crippen LogP contribution in [0.15, 0.2) is 84.9 Å². The van der Waals surface area contributed by atoms with Gasteiger partial charge in [0.2, 0.25) is 0 Å². The van der Waals surface area contributed by atoms with Crippen LogP contribution >= 0.6 is 16.1 Å². The van der Waals surface area contributed by atoms with Crippen molar-refractivity contribution in [3.8, 4) is 0 Å². The maximum Gasteiger partial charge on any atom is 0.0183 e. The Morgan fingerprint density at radius 3 is 1.91 bits per heavy atom. The van der Waals surface area contributed by atoms with Crippen molar-refractivity contribution < 1.29 is 0 Å². The van der Waals surface area contributed by atoms with Crippen LogP contribution in [0.25, 0.3) is 0 Å². The van der Waals surface area contributed by atoms with E-state index in [0.717, 1.165) is 5.66 Å². The molecule has 4 atom stereocenters. The first-order chi connectivity index (χ1) is 16.8. The molecule has 0 bridgehead atoms. The van der Waals surface area contributed by atoms with E-state index in [2.05, 4.69) is 103 Å². The lowest BCUT2D eigenvalue weighted by molar-refractivity contribution is 0.617. The van der Waals surface area contributed by atoms with Crippen molar-refractivity contribution in [2.24, 2.45) is 0 Å². The van der Waals surface area contributed by atoms with E-state index >= 15 is 0 Å². The summed E-state index contributed by atoms with van der Waals surface area (Å²) in [7, 11) is -0.439. The zero-order chi connectivity index (χ0) is 23.3. The van der Waals surface area contributed by atoms with Crippen molar-refractivity contribution in [1.29, 1.82) is 0 Å². The topological polar surface area (TPSA) is 3.24 Å². The van der Waals surface area contributed by atoms with Crippen LogP contribution in [0, 0.1) is 0 Å². The normalized spacial score (nSPS) is 25.3. The van der Waals surface area contributed by atoms with Gasteiger partial charge in [0.05, 0.1) is 0 Å². The van der Waals surface area contributed by atoms with Gasteiger partial charge in [0, 0.05) is 17.9 Å². The van der Waals surface area contributed by atoms with Crippen LogP contribution in [-0.4, -0.2) is 22.8 Å². The maximum absolute atomic E-state index is 3.15. The minimum Gasteiger partial charge on any atom is -0.259 e. The third-order valence-electron chi connectivity index (χ3n) is 7.75. The number of aryl methyl sites for hydroxylation is 1. The lowest BCUT2D eigenvalue weighted by atomic mass is 10.0. The Bertz CT molecular complexity index is 990. The fourth-order valence-corrected chi connectivity index (χ4v) is 14.2. The van der Waals surface area contributed by atoms with Crippen molar-refractivity contribution in [3.05, 3.63) is 107 Å². The zero-order valence-corrected chi connectivity index (χ0v) is 22.6. The first-order valence-corrected chi connectivity index (χ1v) is 16.2. The van der Waals surface area contributed by atoms with Crippen molar-refractivity contribution in [2.45, 2.75) is 69.3 Å². The fraction of sp³-hybridized carbons (Fsp3) is 0.419. The van der Waals surface area contributed by atoms with Crippen LogP contribution in [-0.2, 0) is 12.8 Å².